The summed E-state index contributed by atoms with van der Waals surface area (Å²) in [6.07, 6.45) is 1.16. The fraction of sp³-hybridized carbons (Fsp3) is 0.538. The Bertz CT molecular complexity index is 337. The van der Waals surface area contributed by atoms with E-state index in [1.807, 2.05) is 0 Å². The molecule has 3 heteroatoms. The molecule has 0 aromatic heterocycles. The van der Waals surface area contributed by atoms with Crippen LogP contribution in [0.1, 0.15) is 25.8 Å². The summed E-state index contributed by atoms with van der Waals surface area (Å²) < 4.78 is 12.8. The molecule has 1 aromatic carbocycles. The Morgan fingerprint density at radius 3 is 2.62 bits per heavy atom. The lowest BCUT2D eigenvalue weighted by Gasteiger charge is -2.18. The number of halogens is 1. The van der Waals surface area contributed by atoms with Gasteiger partial charge in [-0.2, -0.15) is 0 Å². The smallest absolute Gasteiger partial charge is 0.125 e. The van der Waals surface area contributed by atoms with E-state index >= 15 is 0 Å². The highest BCUT2D eigenvalue weighted by atomic mass is 19.1. The minimum absolute atomic E-state index is 0.272. The van der Waals surface area contributed by atoms with Gasteiger partial charge in [0.05, 0.1) is 0 Å². The Morgan fingerprint density at radius 2 is 2.06 bits per heavy atom. The summed E-state index contributed by atoms with van der Waals surface area (Å²) in [6, 6.07) is 4.60. The van der Waals surface area contributed by atoms with Gasteiger partial charge in [-0.25, -0.2) is 4.39 Å². The van der Waals surface area contributed by atoms with Crippen molar-refractivity contribution < 1.29 is 4.39 Å². The maximum atomic E-state index is 12.8. The Labute approximate surface area is 97.3 Å². The molecule has 0 heterocycles. The molecule has 0 aliphatic heterocycles. The van der Waals surface area contributed by atoms with Crippen LogP contribution in [0, 0.1) is 11.7 Å². The highest BCUT2D eigenvalue weighted by Gasteiger charge is 2.05. The fourth-order valence-corrected chi connectivity index (χ4v) is 1.56. The van der Waals surface area contributed by atoms with E-state index in [9.17, 15) is 4.39 Å². The van der Waals surface area contributed by atoms with E-state index < -0.39 is 0 Å². The van der Waals surface area contributed by atoms with Crippen LogP contribution in [0.3, 0.4) is 0 Å². The van der Waals surface area contributed by atoms with E-state index in [4.69, 9.17) is 5.73 Å². The van der Waals surface area contributed by atoms with Crippen LogP contribution in [-0.4, -0.2) is 18.5 Å². The summed E-state index contributed by atoms with van der Waals surface area (Å²) in [5, 5.41) is 0. The molecule has 0 atom stereocenters. The molecule has 16 heavy (non-hydrogen) atoms. The molecule has 0 radical (unpaired) electrons. The first kappa shape index (κ1) is 13.0. The van der Waals surface area contributed by atoms with Crippen molar-refractivity contribution in [3.8, 4) is 0 Å². The van der Waals surface area contributed by atoms with Crippen molar-refractivity contribution in [3.63, 3.8) is 0 Å². The fourth-order valence-electron chi connectivity index (χ4n) is 1.56. The molecular formula is C13H21FN2. The van der Waals surface area contributed by atoms with Crippen molar-refractivity contribution in [3.05, 3.63) is 29.6 Å². The molecule has 0 aliphatic rings. The van der Waals surface area contributed by atoms with Crippen LogP contribution in [0.2, 0.25) is 0 Å². The van der Waals surface area contributed by atoms with Gasteiger partial charge in [0.1, 0.15) is 5.82 Å². The predicted octanol–water partition coefficient (Wildman–Crippen LogP) is 2.89. The van der Waals surface area contributed by atoms with Crippen molar-refractivity contribution in [1.29, 1.82) is 0 Å². The van der Waals surface area contributed by atoms with Crippen molar-refractivity contribution in [2.75, 3.05) is 19.3 Å². The first-order valence-corrected chi connectivity index (χ1v) is 5.71. The first-order chi connectivity index (χ1) is 7.49. The van der Waals surface area contributed by atoms with Crippen molar-refractivity contribution >= 4 is 5.69 Å². The molecule has 1 rings (SSSR count). The lowest BCUT2D eigenvalue weighted by Crippen LogP contribution is -2.21. The average Bonchev–Trinajstić information content (AvgIpc) is 2.19. The number of nitrogens with two attached hydrogens (primary N) is 1. The highest BCUT2D eigenvalue weighted by molar-refractivity contribution is 5.46. The molecule has 0 aliphatic carbocycles. The van der Waals surface area contributed by atoms with Gasteiger partial charge in [-0.15, -0.1) is 0 Å². The second-order valence-corrected chi connectivity index (χ2v) is 4.76. The largest absolute Gasteiger partial charge is 0.398 e. The molecule has 0 fully saturated rings. The van der Waals surface area contributed by atoms with Crippen LogP contribution in [0.25, 0.3) is 0 Å². The zero-order valence-electron chi connectivity index (χ0n) is 10.3. The van der Waals surface area contributed by atoms with E-state index in [1.54, 1.807) is 6.07 Å². The van der Waals surface area contributed by atoms with Gasteiger partial charge >= 0.3 is 0 Å². The Balaban J connectivity index is 2.52. The molecule has 90 valence electrons. The number of rotatable bonds is 5. The quantitative estimate of drug-likeness (QED) is 0.779. The number of nitrogens with zero attached hydrogens (tertiary/aromatic N) is 1. The Kier molecular flexibility index (Phi) is 4.74. The SMILES string of the molecule is CC(C)CCN(C)Cc1ccc(F)cc1N. The van der Waals surface area contributed by atoms with Gasteiger partial charge in [0.15, 0.2) is 0 Å². The Hall–Kier alpha value is -1.09. The second-order valence-electron chi connectivity index (χ2n) is 4.76. The summed E-state index contributed by atoms with van der Waals surface area (Å²) in [5.74, 6) is 0.430. The monoisotopic (exact) mass is 224 g/mol. The molecular weight excluding hydrogens is 203 g/mol. The van der Waals surface area contributed by atoms with Gasteiger partial charge in [0.2, 0.25) is 0 Å². The summed E-state index contributed by atoms with van der Waals surface area (Å²) in [6.45, 7) is 6.23. The van der Waals surface area contributed by atoms with E-state index in [1.165, 1.54) is 12.1 Å². The molecule has 0 amide bonds. The number of hydrogen-bond acceptors (Lipinski definition) is 2. The van der Waals surface area contributed by atoms with Gasteiger partial charge in [0.25, 0.3) is 0 Å². The van der Waals surface area contributed by atoms with Crippen LogP contribution in [0.15, 0.2) is 18.2 Å². The van der Waals surface area contributed by atoms with Crippen LogP contribution in [-0.2, 0) is 6.54 Å². The number of nitrogen functional groups attached to an aromatic ring is 1. The topological polar surface area (TPSA) is 29.3 Å². The summed E-state index contributed by atoms with van der Waals surface area (Å²) in [4.78, 5) is 2.21. The number of hydrogen-bond donors (Lipinski definition) is 1. The summed E-state index contributed by atoms with van der Waals surface area (Å²) in [7, 11) is 2.06. The van der Waals surface area contributed by atoms with Gasteiger partial charge in [-0.05, 0) is 43.6 Å². The van der Waals surface area contributed by atoms with Crippen LogP contribution in [0.5, 0.6) is 0 Å². The summed E-state index contributed by atoms with van der Waals surface area (Å²) in [5.41, 5.74) is 7.29. The molecule has 2 nitrogen and oxygen atoms in total. The maximum Gasteiger partial charge on any atom is 0.125 e. The van der Waals surface area contributed by atoms with Gasteiger partial charge in [0, 0.05) is 12.2 Å². The molecule has 1 aromatic rings. The molecule has 0 bridgehead atoms. The predicted molar refractivity (Wildman–Crippen MR) is 66.6 cm³/mol. The molecule has 0 saturated carbocycles. The third kappa shape index (κ3) is 4.19. The van der Waals surface area contributed by atoms with Crippen LogP contribution >= 0.6 is 0 Å². The van der Waals surface area contributed by atoms with Crippen molar-refractivity contribution in [1.82, 2.24) is 4.90 Å². The van der Waals surface area contributed by atoms with Crippen LogP contribution < -0.4 is 5.73 Å². The van der Waals surface area contributed by atoms with Crippen LogP contribution in [0.4, 0.5) is 10.1 Å². The second kappa shape index (κ2) is 5.85. The first-order valence-electron chi connectivity index (χ1n) is 5.71. The lowest BCUT2D eigenvalue weighted by atomic mass is 10.1. The third-order valence-electron chi connectivity index (χ3n) is 2.64. The minimum atomic E-state index is -0.272. The standard InChI is InChI=1S/C13H21FN2/c1-10(2)6-7-16(3)9-11-4-5-12(14)8-13(11)15/h4-5,8,10H,6-7,9,15H2,1-3H3. The van der Waals surface area contributed by atoms with Crippen molar-refractivity contribution in [2.24, 2.45) is 5.92 Å². The normalized spacial score (nSPS) is 11.4. The van der Waals surface area contributed by atoms with Crippen molar-refractivity contribution in [2.45, 2.75) is 26.8 Å². The van der Waals surface area contributed by atoms with Gasteiger partial charge in [-0.1, -0.05) is 19.9 Å². The lowest BCUT2D eigenvalue weighted by molar-refractivity contribution is 0.304. The van der Waals surface area contributed by atoms with E-state index in [0.29, 0.717) is 11.6 Å². The molecule has 2 N–H and O–H groups in total. The van der Waals surface area contributed by atoms with Gasteiger partial charge in [-0.3, -0.25) is 0 Å². The maximum absolute atomic E-state index is 12.8. The zero-order valence-corrected chi connectivity index (χ0v) is 10.3. The highest BCUT2D eigenvalue weighted by Crippen LogP contribution is 2.15. The Morgan fingerprint density at radius 1 is 1.38 bits per heavy atom. The number of anilines is 1. The number of benzene rings is 1. The van der Waals surface area contributed by atoms with E-state index in [-0.39, 0.29) is 5.82 Å². The molecule has 0 spiro atoms. The third-order valence-corrected chi connectivity index (χ3v) is 2.64. The van der Waals surface area contributed by atoms with E-state index in [2.05, 4.69) is 25.8 Å². The zero-order chi connectivity index (χ0) is 12.1. The molecule has 0 unspecified atom stereocenters. The summed E-state index contributed by atoms with van der Waals surface area (Å²) >= 11 is 0. The molecule has 0 saturated heterocycles. The minimum Gasteiger partial charge on any atom is -0.398 e. The van der Waals surface area contributed by atoms with Gasteiger partial charge < -0.3 is 10.6 Å². The average molecular weight is 224 g/mol. The van der Waals surface area contributed by atoms with E-state index in [0.717, 1.165) is 25.1 Å².